The quantitative estimate of drug-likeness (QED) is 0.304. The maximum atomic E-state index is 15.0. The molecule has 1 saturated carbocycles. The Labute approximate surface area is 201 Å². The van der Waals surface area contributed by atoms with Crippen molar-refractivity contribution in [2.45, 2.75) is 31.9 Å². The number of benzene rings is 2. The predicted molar refractivity (Wildman–Crippen MR) is 129 cm³/mol. The highest BCUT2D eigenvalue weighted by Crippen LogP contribution is 2.37. The Hall–Kier alpha value is -3.12. The number of H-pyrrole nitrogens is 1. The fourth-order valence-electron chi connectivity index (χ4n) is 3.77. The summed E-state index contributed by atoms with van der Waals surface area (Å²) in [6.45, 7) is 2.25. The molecule has 6 rings (SSSR count). The number of fused-ring (bicyclic) bond motifs is 2. The van der Waals surface area contributed by atoms with Gasteiger partial charge in [0.05, 0.1) is 44.8 Å². The first kappa shape index (κ1) is 20.5. The van der Waals surface area contributed by atoms with Gasteiger partial charge in [-0.05, 0) is 66.6 Å². The summed E-state index contributed by atoms with van der Waals surface area (Å²) in [4.78, 5) is 16.5. The first-order valence-corrected chi connectivity index (χ1v) is 11.5. The maximum Gasteiger partial charge on any atom is 0.193 e. The molecule has 10 heteroatoms. The largest absolute Gasteiger partial charge is 0.453 e. The van der Waals surface area contributed by atoms with E-state index in [-0.39, 0.29) is 11.3 Å². The van der Waals surface area contributed by atoms with Gasteiger partial charge in [0.1, 0.15) is 22.6 Å². The zero-order chi connectivity index (χ0) is 22.7. The number of aryl methyl sites for hydroxylation is 1. The van der Waals surface area contributed by atoms with E-state index in [1.165, 1.54) is 0 Å². The molecule has 3 aromatic heterocycles. The van der Waals surface area contributed by atoms with Crippen LogP contribution in [0.5, 0.6) is 11.5 Å². The lowest BCUT2D eigenvalue weighted by atomic mass is 10.2. The Morgan fingerprint density at radius 3 is 2.79 bits per heavy atom. The number of aromatic nitrogens is 6. The molecule has 0 unspecified atom stereocenters. The van der Waals surface area contributed by atoms with Gasteiger partial charge < -0.3 is 14.8 Å². The summed E-state index contributed by atoms with van der Waals surface area (Å²) < 4.78 is 23.3. The lowest BCUT2D eigenvalue weighted by molar-refractivity contribution is 0.125. The summed E-state index contributed by atoms with van der Waals surface area (Å²) in [5.41, 5.74) is 3.05. The second-order valence-electron chi connectivity index (χ2n) is 8.35. The molecular weight excluding hydrogens is 538 g/mol. The summed E-state index contributed by atoms with van der Waals surface area (Å²) in [5.74, 6) is 0.692. The standard InChI is InChI=1S/C23H18FIN6O2/c1-12-28-15-3-4-17(19(24)21(15)29-12)33-18-5-2-14-22(20(18)25)30-16(9-26-14)13-8-27-31(10-13)11-23(32)6-7-23/h2-5,8-10,32H,6-7,11H2,1H3,(H,28,29). The summed E-state index contributed by atoms with van der Waals surface area (Å²) in [6.07, 6.45) is 6.86. The van der Waals surface area contributed by atoms with Crippen molar-refractivity contribution in [3.05, 3.63) is 58.1 Å². The predicted octanol–water partition coefficient (Wildman–Crippen LogP) is 4.74. The Kier molecular flexibility index (Phi) is 4.63. The Bertz CT molecular complexity index is 1540. The van der Waals surface area contributed by atoms with E-state index in [9.17, 15) is 9.50 Å². The number of halogens is 2. The lowest BCUT2D eigenvalue weighted by Gasteiger charge is -2.11. The molecule has 1 aliphatic rings. The molecule has 33 heavy (non-hydrogen) atoms. The van der Waals surface area contributed by atoms with Crippen LogP contribution in [0.25, 0.3) is 33.3 Å². The number of hydrogen-bond donors (Lipinski definition) is 2. The van der Waals surface area contributed by atoms with Crippen LogP contribution in [0.1, 0.15) is 18.7 Å². The van der Waals surface area contributed by atoms with Crippen LogP contribution in [0, 0.1) is 16.3 Å². The average Bonchev–Trinajstić information content (AvgIpc) is 3.17. The normalized spacial score (nSPS) is 14.8. The number of nitrogens with one attached hydrogen (secondary N) is 1. The molecule has 0 amide bonds. The molecule has 0 spiro atoms. The van der Waals surface area contributed by atoms with Crippen molar-refractivity contribution >= 4 is 44.7 Å². The van der Waals surface area contributed by atoms with Crippen LogP contribution < -0.4 is 4.74 Å². The smallest absolute Gasteiger partial charge is 0.193 e. The fourth-order valence-corrected chi connectivity index (χ4v) is 4.46. The first-order valence-electron chi connectivity index (χ1n) is 10.4. The molecule has 166 valence electrons. The van der Waals surface area contributed by atoms with Crippen molar-refractivity contribution < 1.29 is 14.2 Å². The molecule has 1 aliphatic carbocycles. The minimum absolute atomic E-state index is 0.0923. The van der Waals surface area contributed by atoms with Crippen LogP contribution >= 0.6 is 22.6 Å². The van der Waals surface area contributed by atoms with Crippen molar-refractivity contribution in [2.24, 2.45) is 0 Å². The van der Waals surface area contributed by atoms with E-state index < -0.39 is 11.4 Å². The van der Waals surface area contributed by atoms with Gasteiger partial charge >= 0.3 is 0 Å². The molecule has 8 nitrogen and oxygen atoms in total. The third kappa shape index (κ3) is 3.72. The monoisotopic (exact) mass is 556 g/mol. The van der Waals surface area contributed by atoms with E-state index >= 15 is 0 Å². The fraction of sp³-hybridized carbons (Fsp3) is 0.217. The molecule has 3 heterocycles. The molecule has 1 fully saturated rings. The highest BCUT2D eigenvalue weighted by atomic mass is 127. The van der Waals surface area contributed by atoms with Crippen LogP contribution in [0.4, 0.5) is 4.39 Å². The summed E-state index contributed by atoms with van der Waals surface area (Å²) in [7, 11) is 0. The van der Waals surface area contributed by atoms with Gasteiger partial charge in [-0.1, -0.05) is 0 Å². The second kappa shape index (κ2) is 7.45. The van der Waals surface area contributed by atoms with Crippen molar-refractivity contribution in [2.75, 3.05) is 0 Å². The summed E-state index contributed by atoms with van der Waals surface area (Å²) >= 11 is 2.14. The summed E-state index contributed by atoms with van der Waals surface area (Å²) in [5, 5.41) is 14.5. The Morgan fingerprint density at radius 1 is 1.15 bits per heavy atom. The minimum Gasteiger partial charge on any atom is -0.453 e. The number of nitrogens with zero attached hydrogens (tertiary/aromatic N) is 5. The molecule has 0 saturated heterocycles. The van der Waals surface area contributed by atoms with E-state index in [4.69, 9.17) is 9.72 Å². The summed E-state index contributed by atoms with van der Waals surface area (Å²) in [6, 6.07) is 6.88. The minimum atomic E-state index is -0.632. The number of rotatable bonds is 5. The third-order valence-corrected chi connectivity index (χ3v) is 6.77. The SMILES string of the molecule is Cc1nc2c(F)c(Oc3ccc4ncc(-c5cnn(CC6(O)CC6)c5)nc4c3I)ccc2[nH]1. The molecule has 0 radical (unpaired) electrons. The van der Waals surface area contributed by atoms with Gasteiger partial charge in [0.2, 0.25) is 0 Å². The van der Waals surface area contributed by atoms with Crippen molar-refractivity contribution in [1.82, 2.24) is 29.7 Å². The third-order valence-electron chi connectivity index (χ3n) is 5.73. The number of ether oxygens (including phenoxy) is 1. The van der Waals surface area contributed by atoms with Crippen LogP contribution in [0.2, 0.25) is 0 Å². The molecule has 0 atom stereocenters. The average molecular weight is 556 g/mol. The van der Waals surface area contributed by atoms with Crippen LogP contribution in [-0.2, 0) is 6.54 Å². The van der Waals surface area contributed by atoms with Crippen molar-refractivity contribution in [1.29, 1.82) is 0 Å². The van der Waals surface area contributed by atoms with Gasteiger partial charge in [0.25, 0.3) is 0 Å². The van der Waals surface area contributed by atoms with E-state index in [0.29, 0.717) is 40.4 Å². The van der Waals surface area contributed by atoms with Gasteiger partial charge in [-0.3, -0.25) is 9.67 Å². The van der Waals surface area contributed by atoms with E-state index in [1.54, 1.807) is 48.3 Å². The Balaban J connectivity index is 1.35. The topological polar surface area (TPSA) is 102 Å². The molecule has 2 N–H and O–H groups in total. The zero-order valence-electron chi connectivity index (χ0n) is 17.5. The van der Waals surface area contributed by atoms with Gasteiger partial charge in [-0.2, -0.15) is 5.10 Å². The molecule has 0 bridgehead atoms. The molecule has 5 aromatic rings. The highest BCUT2D eigenvalue weighted by molar-refractivity contribution is 14.1. The van der Waals surface area contributed by atoms with Gasteiger partial charge in [0, 0.05) is 11.8 Å². The van der Waals surface area contributed by atoms with Gasteiger partial charge in [-0.25, -0.2) is 14.4 Å². The number of imidazole rings is 1. The Morgan fingerprint density at radius 2 is 1.97 bits per heavy atom. The first-order chi connectivity index (χ1) is 15.9. The lowest BCUT2D eigenvalue weighted by Crippen LogP contribution is -2.16. The number of hydrogen-bond acceptors (Lipinski definition) is 6. The molecule has 2 aromatic carbocycles. The van der Waals surface area contributed by atoms with Crippen molar-refractivity contribution in [3.63, 3.8) is 0 Å². The van der Waals surface area contributed by atoms with Gasteiger partial charge in [-0.15, -0.1) is 0 Å². The zero-order valence-corrected chi connectivity index (χ0v) is 19.7. The van der Waals surface area contributed by atoms with Gasteiger partial charge in [0.15, 0.2) is 11.6 Å². The van der Waals surface area contributed by atoms with Crippen LogP contribution in [0.15, 0.2) is 42.9 Å². The van der Waals surface area contributed by atoms with E-state index in [0.717, 1.165) is 22.0 Å². The molecular formula is C23H18FIN6O2. The van der Waals surface area contributed by atoms with Crippen LogP contribution in [-0.4, -0.2) is 40.4 Å². The highest BCUT2D eigenvalue weighted by Gasteiger charge is 2.40. The maximum absolute atomic E-state index is 15.0. The molecule has 0 aliphatic heterocycles. The van der Waals surface area contributed by atoms with Crippen LogP contribution in [0.3, 0.4) is 0 Å². The van der Waals surface area contributed by atoms with Crippen molar-refractivity contribution in [3.8, 4) is 22.8 Å². The van der Waals surface area contributed by atoms with E-state index in [2.05, 4.69) is 42.6 Å². The van der Waals surface area contributed by atoms with E-state index in [1.807, 2.05) is 6.20 Å². The number of aliphatic hydroxyl groups is 1. The second-order valence-corrected chi connectivity index (χ2v) is 9.43. The number of aromatic amines is 1.